The number of hydrogen-bond donors (Lipinski definition) is 0. The highest BCUT2D eigenvalue weighted by Gasteiger charge is 2.19. The standard InChI is InChI=1S/C16H21FO6/c1-19-6-7-20-11-22-14-8-12(10-18)13(17)9-15(14)23-16-4-2-3-5-21-16/h8-10,16H,2-7,11H2,1H3. The molecule has 6 nitrogen and oxygen atoms in total. The molecule has 0 bridgehead atoms. The summed E-state index contributed by atoms with van der Waals surface area (Å²) in [6.07, 6.45) is 2.67. The number of ether oxygens (including phenoxy) is 5. The Kier molecular flexibility index (Phi) is 7.25. The van der Waals surface area contributed by atoms with Crippen LogP contribution in [0.15, 0.2) is 12.1 Å². The molecule has 7 heteroatoms. The number of benzene rings is 1. The summed E-state index contributed by atoms with van der Waals surface area (Å²) in [4.78, 5) is 10.9. The lowest BCUT2D eigenvalue weighted by Crippen LogP contribution is -2.25. The lowest BCUT2D eigenvalue weighted by molar-refractivity contribution is -0.107. The van der Waals surface area contributed by atoms with Crippen LogP contribution >= 0.6 is 0 Å². The van der Waals surface area contributed by atoms with Gasteiger partial charge in [0.1, 0.15) is 5.82 Å². The second-order valence-electron chi connectivity index (χ2n) is 5.02. The molecule has 0 saturated carbocycles. The second kappa shape index (κ2) is 9.44. The monoisotopic (exact) mass is 328 g/mol. The first-order chi connectivity index (χ1) is 11.2. The summed E-state index contributed by atoms with van der Waals surface area (Å²) in [5.74, 6) is -0.242. The van der Waals surface area contributed by atoms with E-state index in [0.717, 1.165) is 25.3 Å². The zero-order chi connectivity index (χ0) is 16.5. The highest BCUT2D eigenvalue weighted by Crippen LogP contribution is 2.32. The van der Waals surface area contributed by atoms with Crippen LogP contribution in [0.5, 0.6) is 11.5 Å². The number of rotatable bonds is 9. The van der Waals surface area contributed by atoms with E-state index in [4.69, 9.17) is 23.7 Å². The van der Waals surface area contributed by atoms with Gasteiger partial charge in [-0.05, 0) is 18.9 Å². The van der Waals surface area contributed by atoms with Crippen LogP contribution < -0.4 is 9.47 Å². The molecular formula is C16H21FO6. The fraction of sp³-hybridized carbons (Fsp3) is 0.562. The van der Waals surface area contributed by atoms with Gasteiger partial charge >= 0.3 is 0 Å². The number of carbonyl (C=O) groups is 1. The van der Waals surface area contributed by atoms with Crippen molar-refractivity contribution < 1.29 is 32.9 Å². The molecule has 0 radical (unpaired) electrons. The molecule has 0 aliphatic carbocycles. The van der Waals surface area contributed by atoms with Crippen molar-refractivity contribution in [3.05, 3.63) is 23.5 Å². The third-order valence-corrected chi connectivity index (χ3v) is 3.32. The SMILES string of the molecule is COCCOCOc1cc(C=O)c(F)cc1OC1CCCCO1. The van der Waals surface area contributed by atoms with Crippen molar-refractivity contribution in [1.29, 1.82) is 0 Å². The molecule has 1 atom stereocenters. The average molecular weight is 328 g/mol. The molecule has 1 aromatic rings. The van der Waals surface area contributed by atoms with E-state index in [1.807, 2.05) is 0 Å². The molecule has 1 unspecified atom stereocenters. The highest BCUT2D eigenvalue weighted by atomic mass is 19.1. The molecule has 0 aromatic heterocycles. The van der Waals surface area contributed by atoms with Gasteiger partial charge in [0.05, 0.1) is 25.4 Å². The van der Waals surface area contributed by atoms with Crippen molar-refractivity contribution in [2.45, 2.75) is 25.6 Å². The number of halogens is 1. The maximum absolute atomic E-state index is 13.8. The Balaban J connectivity index is 2.04. The minimum absolute atomic E-state index is 0.0603. The van der Waals surface area contributed by atoms with Crippen molar-refractivity contribution in [2.75, 3.05) is 33.7 Å². The van der Waals surface area contributed by atoms with E-state index >= 15 is 0 Å². The maximum Gasteiger partial charge on any atom is 0.200 e. The van der Waals surface area contributed by atoms with Crippen molar-refractivity contribution in [2.24, 2.45) is 0 Å². The van der Waals surface area contributed by atoms with Gasteiger partial charge in [0.25, 0.3) is 0 Å². The fourth-order valence-electron chi connectivity index (χ4n) is 2.10. The first kappa shape index (κ1) is 17.7. The predicted octanol–water partition coefficient (Wildman–Crippen LogP) is 2.54. The summed E-state index contributed by atoms with van der Waals surface area (Å²) >= 11 is 0. The molecule has 1 fully saturated rings. The van der Waals surface area contributed by atoms with E-state index in [1.165, 1.54) is 6.07 Å². The first-order valence-corrected chi connectivity index (χ1v) is 7.51. The lowest BCUT2D eigenvalue weighted by atomic mass is 10.2. The Morgan fingerprint density at radius 1 is 1.30 bits per heavy atom. The molecule has 23 heavy (non-hydrogen) atoms. The van der Waals surface area contributed by atoms with Gasteiger partial charge in [-0.2, -0.15) is 0 Å². The van der Waals surface area contributed by atoms with Crippen LogP contribution in [0.2, 0.25) is 0 Å². The number of aldehydes is 1. The smallest absolute Gasteiger partial charge is 0.200 e. The molecule has 1 aromatic carbocycles. The molecule has 1 heterocycles. The fourth-order valence-corrected chi connectivity index (χ4v) is 2.10. The molecule has 1 aliphatic heterocycles. The van der Waals surface area contributed by atoms with Crippen LogP contribution in [-0.2, 0) is 14.2 Å². The third-order valence-electron chi connectivity index (χ3n) is 3.32. The molecule has 0 amide bonds. The van der Waals surface area contributed by atoms with Gasteiger partial charge in [-0.25, -0.2) is 4.39 Å². The zero-order valence-corrected chi connectivity index (χ0v) is 13.1. The van der Waals surface area contributed by atoms with Crippen molar-refractivity contribution >= 4 is 6.29 Å². The van der Waals surface area contributed by atoms with E-state index in [-0.39, 0.29) is 23.9 Å². The quantitative estimate of drug-likeness (QED) is 0.394. The van der Waals surface area contributed by atoms with E-state index in [2.05, 4.69) is 0 Å². The maximum atomic E-state index is 13.8. The van der Waals surface area contributed by atoms with Crippen LogP contribution in [0, 0.1) is 5.82 Å². The number of methoxy groups -OCH3 is 1. The Bertz CT molecular complexity index is 502. The molecule has 0 spiro atoms. The van der Waals surface area contributed by atoms with Crippen LogP contribution in [0.4, 0.5) is 4.39 Å². The summed E-state index contributed by atoms with van der Waals surface area (Å²) in [5, 5.41) is 0. The summed E-state index contributed by atoms with van der Waals surface area (Å²) in [6.45, 7) is 1.34. The van der Waals surface area contributed by atoms with Crippen molar-refractivity contribution in [1.82, 2.24) is 0 Å². The van der Waals surface area contributed by atoms with Gasteiger partial charge < -0.3 is 23.7 Å². The van der Waals surface area contributed by atoms with Gasteiger partial charge in [0.15, 0.2) is 30.9 Å². The van der Waals surface area contributed by atoms with Crippen LogP contribution in [0.25, 0.3) is 0 Å². The molecule has 128 valence electrons. The van der Waals surface area contributed by atoms with Crippen LogP contribution in [0.3, 0.4) is 0 Å². The lowest BCUT2D eigenvalue weighted by Gasteiger charge is -2.24. The highest BCUT2D eigenvalue weighted by molar-refractivity contribution is 5.77. The molecule has 2 rings (SSSR count). The Morgan fingerprint density at radius 2 is 2.17 bits per heavy atom. The van der Waals surface area contributed by atoms with E-state index in [9.17, 15) is 9.18 Å². The van der Waals surface area contributed by atoms with Gasteiger partial charge in [-0.1, -0.05) is 0 Å². The van der Waals surface area contributed by atoms with E-state index < -0.39 is 12.1 Å². The Labute approximate surface area is 134 Å². The number of carbonyl (C=O) groups excluding carboxylic acids is 1. The second-order valence-corrected chi connectivity index (χ2v) is 5.02. The third kappa shape index (κ3) is 5.46. The zero-order valence-electron chi connectivity index (χ0n) is 13.1. The van der Waals surface area contributed by atoms with Gasteiger partial charge in [0.2, 0.25) is 0 Å². The van der Waals surface area contributed by atoms with Crippen LogP contribution in [0.1, 0.15) is 29.6 Å². The first-order valence-electron chi connectivity index (χ1n) is 7.51. The van der Waals surface area contributed by atoms with E-state index in [1.54, 1.807) is 7.11 Å². The molecule has 0 N–H and O–H groups in total. The minimum atomic E-state index is -0.668. The number of hydrogen-bond acceptors (Lipinski definition) is 6. The Morgan fingerprint density at radius 3 is 2.87 bits per heavy atom. The van der Waals surface area contributed by atoms with Crippen molar-refractivity contribution in [3.8, 4) is 11.5 Å². The van der Waals surface area contributed by atoms with Gasteiger partial charge in [-0.15, -0.1) is 0 Å². The topological polar surface area (TPSA) is 63.2 Å². The summed E-state index contributed by atoms with van der Waals surface area (Å²) < 4.78 is 40.5. The summed E-state index contributed by atoms with van der Waals surface area (Å²) in [6, 6.07) is 2.42. The summed E-state index contributed by atoms with van der Waals surface area (Å²) in [7, 11) is 1.57. The Hall–Kier alpha value is -1.70. The van der Waals surface area contributed by atoms with Crippen LogP contribution in [-0.4, -0.2) is 46.3 Å². The predicted molar refractivity (Wildman–Crippen MR) is 79.3 cm³/mol. The van der Waals surface area contributed by atoms with Gasteiger partial charge in [0, 0.05) is 19.6 Å². The van der Waals surface area contributed by atoms with E-state index in [0.29, 0.717) is 26.1 Å². The largest absolute Gasteiger partial charge is 0.464 e. The van der Waals surface area contributed by atoms with Crippen molar-refractivity contribution in [3.63, 3.8) is 0 Å². The molecule has 1 aliphatic rings. The molecule has 1 saturated heterocycles. The normalized spacial score (nSPS) is 17.7. The summed E-state index contributed by atoms with van der Waals surface area (Å²) in [5.41, 5.74) is -0.103. The minimum Gasteiger partial charge on any atom is -0.464 e. The van der Waals surface area contributed by atoms with Gasteiger partial charge in [-0.3, -0.25) is 4.79 Å². The molecular weight excluding hydrogens is 307 g/mol. The average Bonchev–Trinajstić information content (AvgIpc) is 2.57.